The smallest absolute Gasteiger partial charge is 0.196 e. The minimum absolute atomic E-state index is 0.0469. The SMILES string of the molecule is COc1c2c(c([C@H]3C[C@@H]3OC(C)(C)C)n1C)CCCC2. The van der Waals surface area contributed by atoms with Crippen LogP contribution >= 0.6 is 0 Å². The third-order valence-electron chi connectivity index (χ3n) is 4.48. The Hall–Kier alpha value is -0.960. The van der Waals surface area contributed by atoms with Gasteiger partial charge in [-0.2, -0.15) is 0 Å². The maximum absolute atomic E-state index is 6.15. The summed E-state index contributed by atoms with van der Waals surface area (Å²) in [5.74, 6) is 1.64. The Bertz CT molecular complexity index is 510. The fourth-order valence-corrected chi connectivity index (χ4v) is 3.71. The van der Waals surface area contributed by atoms with Crippen molar-refractivity contribution in [1.29, 1.82) is 0 Å². The van der Waals surface area contributed by atoms with Crippen LogP contribution in [0, 0.1) is 0 Å². The minimum atomic E-state index is -0.0469. The molecule has 2 aliphatic carbocycles. The van der Waals surface area contributed by atoms with E-state index < -0.39 is 0 Å². The van der Waals surface area contributed by atoms with Crippen molar-refractivity contribution in [3.63, 3.8) is 0 Å². The number of hydrogen-bond donors (Lipinski definition) is 0. The van der Waals surface area contributed by atoms with Crippen LogP contribution in [0.2, 0.25) is 0 Å². The Morgan fingerprint density at radius 3 is 2.35 bits per heavy atom. The van der Waals surface area contributed by atoms with E-state index in [-0.39, 0.29) is 5.60 Å². The van der Waals surface area contributed by atoms with Crippen LogP contribution in [-0.2, 0) is 24.6 Å². The van der Waals surface area contributed by atoms with Gasteiger partial charge >= 0.3 is 0 Å². The lowest BCUT2D eigenvalue weighted by Gasteiger charge is -2.20. The zero-order valence-electron chi connectivity index (χ0n) is 13.5. The molecule has 0 radical (unpaired) electrons. The second kappa shape index (κ2) is 4.80. The third-order valence-corrected chi connectivity index (χ3v) is 4.48. The highest BCUT2D eigenvalue weighted by molar-refractivity contribution is 5.47. The van der Waals surface area contributed by atoms with Gasteiger partial charge in [-0.1, -0.05) is 0 Å². The molecule has 0 saturated heterocycles. The van der Waals surface area contributed by atoms with Gasteiger partial charge in [0.25, 0.3) is 0 Å². The zero-order valence-corrected chi connectivity index (χ0v) is 13.5. The van der Waals surface area contributed by atoms with E-state index in [1.807, 2.05) is 0 Å². The lowest BCUT2D eigenvalue weighted by molar-refractivity contribution is -0.0179. The highest BCUT2D eigenvalue weighted by Crippen LogP contribution is 2.50. The number of nitrogens with zero attached hydrogens (tertiary/aromatic N) is 1. The van der Waals surface area contributed by atoms with E-state index in [9.17, 15) is 0 Å². The molecule has 2 atom stereocenters. The molecule has 1 heterocycles. The van der Waals surface area contributed by atoms with E-state index in [0.29, 0.717) is 12.0 Å². The van der Waals surface area contributed by atoms with Crippen LogP contribution in [0.4, 0.5) is 0 Å². The summed E-state index contributed by atoms with van der Waals surface area (Å²) in [6.07, 6.45) is 6.53. The van der Waals surface area contributed by atoms with E-state index in [0.717, 1.165) is 12.3 Å². The van der Waals surface area contributed by atoms with Gasteiger partial charge in [0.2, 0.25) is 0 Å². The van der Waals surface area contributed by atoms with E-state index in [1.54, 1.807) is 12.7 Å². The molecule has 3 nitrogen and oxygen atoms in total. The monoisotopic (exact) mass is 277 g/mol. The van der Waals surface area contributed by atoms with Gasteiger partial charge in [-0.25, -0.2) is 0 Å². The molecule has 3 rings (SSSR count). The first-order valence-electron chi connectivity index (χ1n) is 7.84. The van der Waals surface area contributed by atoms with Crippen molar-refractivity contribution in [3.05, 3.63) is 16.8 Å². The van der Waals surface area contributed by atoms with Crippen molar-refractivity contribution in [2.24, 2.45) is 7.05 Å². The molecule has 0 unspecified atom stereocenters. The summed E-state index contributed by atoms with van der Waals surface area (Å²) in [5.41, 5.74) is 4.44. The molecule has 1 saturated carbocycles. The second-order valence-electron chi connectivity index (χ2n) is 7.23. The Labute approximate surface area is 122 Å². The molecule has 3 heteroatoms. The van der Waals surface area contributed by atoms with Crippen LogP contribution in [0.3, 0.4) is 0 Å². The molecule has 0 amide bonds. The molecule has 0 bridgehead atoms. The Balaban J connectivity index is 1.89. The van der Waals surface area contributed by atoms with E-state index in [2.05, 4.69) is 32.4 Å². The maximum atomic E-state index is 6.15. The highest BCUT2D eigenvalue weighted by atomic mass is 16.5. The van der Waals surface area contributed by atoms with Gasteiger partial charge in [-0.3, -0.25) is 0 Å². The van der Waals surface area contributed by atoms with Crippen molar-refractivity contribution in [1.82, 2.24) is 4.57 Å². The van der Waals surface area contributed by atoms with Gasteiger partial charge in [-0.05, 0) is 58.4 Å². The first-order valence-corrected chi connectivity index (χ1v) is 7.84. The average molecular weight is 277 g/mol. The predicted molar refractivity (Wildman–Crippen MR) is 80.6 cm³/mol. The largest absolute Gasteiger partial charge is 0.482 e. The molecule has 0 spiro atoms. The molecular formula is C17H27NO2. The van der Waals surface area contributed by atoms with Crippen molar-refractivity contribution < 1.29 is 9.47 Å². The molecular weight excluding hydrogens is 250 g/mol. The number of aromatic nitrogens is 1. The summed E-state index contributed by atoms with van der Waals surface area (Å²) in [5, 5.41) is 0. The molecule has 112 valence electrons. The van der Waals surface area contributed by atoms with Crippen molar-refractivity contribution >= 4 is 0 Å². The Morgan fingerprint density at radius 2 is 1.75 bits per heavy atom. The summed E-state index contributed by atoms with van der Waals surface area (Å²) in [6.45, 7) is 6.43. The zero-order chi connectivity index (χ0) is 14.5. The number of methoxy groups -OCH3 is 1. The summed E-state index contributed by atoms with van der Waals surface area (Å²) < 4.78 is 14.1. The average Bonchev–Trinajstić information content (AvgIpc) is 3.02. The number of fused-ring (bicyclic) bond motifs is 1. The van der Waals surface area contributed by atoms with Crippen LogP contribution in [0.1, 0.15) is 62.8 Å². The number of hydrogen-bond acceptors (Lipinski definition) is 2. The Kier molecular flexibility index (Phi) is 3.36. The van der Waals surface area contributed by atoms with Crippen molar-refractivity contribution in [2.45, 2.75) is 70.5 Å². The van der Waals surface area contributed by atoms with Gasteiger partial charge in [-0.15, -0.1) is 0 Å². The molecule has 1 fully saturated rings. The van der Waals surface area contributed by atoms with Crippen LogP contribution < -0.4 is 4.74 Å². The van der Waals surface area contributed by atoms with E-state index in [4.69, 9.17) is 9.47 Å². The van der Waals surface area contributed by atoms with Gasteiger partial charge in [0.1, 0.15) is 0 Å². The second-order valence-corrected chi connectivity index (χ2v) is 7.23. The first-order chi connectivity index (χ1) is 9.42. The fourth-order valence-electron chi connectivity index (χ4n) is 3.71. The highest BCUT2D eigenvalue weighted by Gasteiger charge is 2.46. The van der Waals surface area contributed by atoms with Crippen molar-refractivity contribution in [3.8, 4) is 5.88 Å². The molecule has 1 aromatic heterocycles. The Morgan fingerprint density at radius 1 is 1.10 bits per heavy atom. The van der Waals surface area contributed by atoms with Gasteiger partial charge in [0.05, 0.1) is 18.8 Å². The topological polar surface area (TPSA) is 23.4 Å². The summed E-state index contributed by atoms with van der Waals surface area (Å²) in [4.78, 5) is 0. The number of rotatable bonds is 3. The minimum Gasteiger partial charge on any atom is -0.482 e. The maximum Gasteiger partial charge on any atom is 0.196 e. The lowest BCUT2D eigenvalue weighted by Crippen LogP contribution is -2.21. The normalized spacial score (nSPS) is 25.4. The van der Waals surface area contributed by atoms with Crippen LogP contribution in [0.15, 0.2) is 0 Å². The molecule has 2 aliphatic rings. The number of ether oxygens (including phenoxy) is 2. The van der Waals surface area contributed by atoms with Crippen molar-refractivity contribution in [2.75, 3.05) is 7.11 Å². The quantitative estimate of drug-likeness (QED) is 0.843. The van der Waals surface area contributed by atoms with Crippen LogP contribution in [0.25, 0.3) is 0 Å². The molecule has 1 aromatic rings. The molecule has 0 aromatic carbocycles. The van der Waals surface area contributed by atoms with E-state index in [1.165, 1.54) is 36.9 Å². The third kappa shape index (κ3) is 2.37. The van der Waals surface area contributed by atoms with Gasteiger partial charge < -0.3 is 14.0 Å². The summed E-state index contributed by atoms with van der Waals surface area (Å²) >= 11 is 0. The van der Waals surface area contributed by atoms with Gasteiger partial charge in [0, 0.05) is 24.2 Å². The first kappa shape index (κ1) is 14.0. The van der Waals surface area contributed by atoms with E-state index >= 15 is 0 Å². The van der Waals surface area contributed by atoms with Crippen LogP contribution in [0.5, 0.6) is 5.88 Å². The summed E-state index contributed by atoms with van der Waals surface area (Å²) in [6, 6.07) is 0. The van der Waals surface area contributed by atoms with Crippen LogP contribution in [-0.4, -0.2) is 23.4 Å². The molecule has 20 heavy (non-hydrogen) atoms. The summed E-state index contributed by atoms with van der Waals surface area (Å²) in [7, 11) is 3.95. The lowest BCUT2D eigenvalue weighted by atomic mass is 9.92. The predicted octanol–water partition coefficient (Wildman–Crippen LogP) is 3.58. The molecule has 0 aliphatic heterocycles. The fraction of sp³-hybridized carbons (Fsp3) is 0.765. The van der Waals surface area contributed by atoms with Gasteiger partial charge in [0.15, 0.2) is 5.88 Å². The molecule has 0 N–H and O–H groups in total. The standard InChI is InChI=1S/C17H27NO2/c1-17(2,3)20-14-10-13(14)15-11-8-6-7-9-12(11)16(19-5)18(15)4/h13-14H,6-10H2,1-5H3/t13-,14-/m0/s1.